The molecular weight excluding hydrogens is 376 g/mol. The molecule has 0 unspecified atom stereocenters. The van der Waals surface area contributed by atoms with Crippen LogP contribution in [0.4, 0.5) is 0 Å². The zero-order chi connectivity index (χ0) is 21.1. The van der Waals surface area contributed by atoms with Crippen molar-refractivity contribution in [3.05, 3.63) is 46.7 Å². The highest BCUT2D eigenvalue weighted by atomic mass is 16.5. The molecule has 3 rings (SSSR count). The Hall–Kier alpha value is -2.87. The normalized spacial score (nSPS) is 16.1. The fourth-order valence-electron chi connectivity index (χ4n) is 3.84. The highest BCUT2D eigenvalue weighted by Crippen LogP contribution is 2.23. The molecule has 1 aliphatic heterocycles. The highest BCUT2D eigenvalue weighted by Gasteiger charge is 2.30. The lowest BCUT2D eigenvalue weighted by Crippen LogP contribution is -2.40. The monoisotopic (exact) mass is 402 g/mol. The first-order valence-electron chi connectivity index (χ1n) is 9.56. The van der Waals surface area contributed by atoms with Crippen molar-refractivity contribution >= 4 is 17.7 Å². The summed E-state index contributed by atoms with van der Waals surface area (Å²) in [5.74, 6) is -0.940. The van der Waals surface area contributed by atoms with Crippen LogP contribution in [0.25, 0.3) is 0 Å². The topological polar surface area (TPSA) is 91.0 Å². The molecule has 29 heavy (non-hydrogen) atoms. The van der Waals surface area contributed by atoms with Gasteiger partial charge in [-0.15, -0.1) is 0 Å². The number of hydrogen-bond donors (Lipinski definition) is 0. The number of carbonyl (C=O) groups excluding carboxylic acids is 3. The molecule has 8 heteroatoms. The van der Waals surface area contributed by atoms with E-state index in [0.717, 1.165) is 12.8 Å². The van der Waals surface area contributed by atoms with Crippen LogP contribution in [0.2, 0.25) is 0 Å². The van der Waals surface area contributed by atoms with Gasteiger partial charge in [0.1, 0.15) is 5.69 Å². The van der Waals surface area contributed by atoms with E-state index in [1.165, 1.54) is 18.3 Å². The van der Waals surface area contributed by atoms with Crippen LogP contribution in [-0.4, -0.2) is 60.0 Å². The Morgan fingerprint density at radius 1 is 1.31 bits per heavy atom. The predicted molar refractivity (Wildman–Crippen MR) is 104 cm³/mol. The fraction of sp³-hybridized carbons (Fsp3) is 0.476. The summed E-state index contributed by atoms with van der Waals surface area (Å²) in [6, 6.07) is 3.21. The van der Waals surface area contributed by atoms with Crippen molar-refractivity contribution in [3.8, 4) is 0 Å². The number of amides is 1. The molecule has 0 saturated carbocycles. The summed E-state index contributed by atoms with van der Waals surface area (Å²) in [7, 11) is 3.01. The molecular formula is C21H26N2O6. The largest absolute Gasteiger partial charge is 0.464 e. The standard InChI is InChI=1S/C21H26N2O6/c1-13-18(14(2)22(3)19(13)21(26)27-4)16(24)12-23(11-15-7-5-9-28-15)20(25)17-8-6-10-29-17/h6,8,10,15H,5,7,9,11-12H2,1-4H3/t15-/m0/s1. The molecule has 8 nitrogen and oxygen atoms in total. The number of esters is 1. The molecule has 1 aliphatic rings. The number of ether oxygens (including phenoxy) is 2. The maximum atomic E-state index is 13.2. The molecule has 0 aliphatic carbocycles. The summed E-state index contributed by atoms with van der Waals surface area (Å²) < 4.78 is 17.4. The first-order chi connectivity index (χ1) is 13.8. The Bertz CT molecular complexity index is 906. The van der Waals surface area contributed by atoms with Gasteiger partial charge in [0, 0.05) is 31.5 Å². The average Bonchev–Trinajstić information content (AvgIpc) is 3.43. The smallest absolute Gasteiger partial charge is 0.354 e. The zero-order valence-corrected chi connectivity index (χ0v) is 17.2. The Labute approximate surface area is 169 Å². The van der Waals surface area contributed by atoms with E-state index in [0.29, 0.717) is 35.7 Å². The summed E-state index contributed by atoms with van der Waals surface area (Å²) in [5, 5.41) is 0. The van der Waals surface area contributed by atoms with Gasteiger partial charge < -0.3 is 23.4 Å². The Morgan fingerprint density at radius 3 is 2.66 bits per heavy atom. The van der Waals surface area contributed by atoms with E-state index in [1.807, 2.05) is 0 Å². The minimum Gasteiger partial charge on any atom is -0.464 e. The van der Waals surface area contributed by atoms with Gasteiger partial charge in [-0.2, -0.15) is 0 Å². The number of hydrogen-bond acceptors (Lipinski definition) is 6. The molecule has 3 heterocycles. The van der Waals surface area contributed by atoms with Crippen LogP contribution in [-0.2, 0) is 16.5 Å². The van der Waals surface area contributed by atoms with Crippen LogP contribution >= 0.6 is 0 Å². The van der Waals surface area contributed by atoms with Crippen molar-refractivity contribution in [2.24, 2.45) is 7.05 Å². The van der Waals surface area contributed by atoms with Crippen molar-refractivity contribution in [1.82, 2.24) is 9.47 Å². The third-order valence-electron chi connectivity index (χ3n) is 5.39. The molecule has 0 aromatic carbocycles. The second kappa shape index (κ2) is 8.65. The highest BCUT2D eigenvalue weighted by molar-refractivity contribution is 6.05. The average molecular weight is 402 g/mol. The fourth-order valence-corrected chi connectivity index (χ4v) is 3.84. The van der Waals surface area contributed by atoms with E-state index >= 15 is 0 Å². The van der Waals surface area contributed by atoms with E-state index in [9.17, 15) is 14.4 Å². The lowest BCUT2D eigenvalue weighted by atomic mass is 10.0. The summed E-state index contributed by atoms with van der Waals surface area (Å²) in [4.78, 5) is 39.7. The van der Waals surface area contributed by atoms with E-state index in [4.69, 9.17) is 13.9 Å². The van der Waals surface area contributed by atoms with Gasteiger partial charge in [-0.1, -0.05) is 0 Å². The molecule has 1 fully saturated rings. The van der Waals surface area contributed by atoms with E-state index in [2.05, 4.69) is 0 Å². The summed E-state index contributed by atoms with van der Waals surface area (Å²) in [6.45, 7) is 4.31. The molecule has 156 valence electrons. The van der Waals surface area contributed by atoms with Gasteiger partial charge in [-0.25, -0.2) is 4.79 Å². The Morgan fingerprint density at radius 2 is 2.07 bits per heavy atom. The Balaban J connectivity index is 1.88. The maximum Gasteiger partial charge on any atom is 0.354 e. The van der Waals surface area contributed by atoms with Crippen molar-refractivity contribution < 1.29 is 28.3 Å². The molecule has 0 radical (unpaired) electrons. The van der Waals surface area contributed by atoms with Crippen LogP contribution < -0.4 is 0 Å². The predicted octanol–water partition coefficient (Wildman–Crippen LogP) is 2.53. The first kappa shape index (κ1) is 20.9. The summed E-state index contributed by atoms with van der Waals surface area (Å²) >= 11 is 0. The van der Waals surface area contributed by atoms with Crippen LogP contribution in [0.5, 0.6) is 0 Å². The SMILES string of the molecule is COC(=O)c1c(C)c(C(=O)CN(C[C@@H]2CCCO2)C(=O)c2ccco2)c(C)n1C. The molecule has 1 saturated heterocycles. The minimum atomic E-state index is -0.505. The second-order valence-electron chi connectivity index (χ2n) is 7.21. The number of nitrogens with zero attached hydrogens (tertiary/aromatic N) is 2. The van der Waals surface area contributed by atoms with Gasteiger partial charge in [-0.3, -0.25) is 9.59 Å². The molecule has 0 spiro atoms. The molecule has 2 aromatic rings. The molecule has 0 bridgehead atoms. The van der Waals surface area contributed by atoms with Gasteiger partial charge in [0.15, 0.2) is 11.5 Å². The third-order valence-corrected chi connectivity index (χ3v) is 5.39. The number of carbonyl (C=O) groups is 3. The third kappa shape index (κ3) is 4.12. The number of methoxy groups -OCH3 is 1. The quantitative estimate of drug-likeness (QED) is 0.522. The molecule has 1 atom stereocenters. The van der Waals surface area contributed by atoms with Crippen molar-refractivity contribution in [3.63, 3.8) is 0 Å². The van der Waals surface area contributed by atoms with Crippen LogP contribution in [0.3, 0.4) is 0 Å². The summed E-state index contributed by atoms with van der Waals surface area (Å²) in [5.41, 5.74) is 1.95. The van der Waals surface area contributed by atoms with Gasteiger partial charge in [-0.05, 0) is 44.4 Å². The van der Waals surface area contributed by atoms with Crippen molar-refractivity contribution in [2.45, 2.75) is 32.8 Å². The Kier molecular flexibility index (Phi) is 6.22. The van der Waals surface area contributed by atoms with Gasteiger partial charge in [0.25, 0.3) is 5.91 Å². The molecule has 1 amide bonds. The maximum absolute atomic E-state index is 13.2. The van der Waals surface area contributed by atoms with Gasteiger partial charge >= 0.3 is 5.97 Å². The number of rotatable bonds is 7. The molecule has 2 aromatic heterocycles. The lowest BCUT2D eigenvalue weighted by Gasteiger charge is -2.24. The van der Waals surface area contributed by atoms with Crippen LogP contribution in [0, 0.1) is 13.8 Å². The van der Waals surface area contributed by atoms with Gasteiger partial charge in [0.2, 0.25) is 0 Å². The first-order valence-corrected chi connectivity index (χ1v) is 9.56. The summed E-state index contributed by atoms with van der Waals surface area (Å²) in [6.07, 6.45) is 3.09. The van der Waals surface area contributed by atoms with Crippen molar-refractivity contribution in [2.75, 3.05) is 26.8 Å². The van der Waals surface area contributed by atoms with Crippen molar-refractivity contribution in [1.29, 1.82) is 0 Å². The van der Waals surface area contributed by atoms with E-state index < -0.39 is 5.97 Å². The van der Waals surface area contributed by atoms with Crippen LogP contribution in [0.1, 0.15) is 55.5 Å². The minimum absolute atomic E-state index is 0.106. The lowest BCUT2D eigenvalue weighted by molar-refractivity contribution is 0.0485. The second-order valence-corrected chi connectivity index (χ2v) is 7.21. The number of ketones is 1. The number of aromatic nitrogens is 1. The van der Waals surface area contributed by atoms with E-state index in [-0.39, 0.29) is 30.1 Å². The van der Waals surface area contributed by atoms with Gasteiger partial charge in [0.05, 0.1) is 26.0 Å². The van der Waals surface area contributed by atoms with Crippen LogP contribution in [0.15, 0.2) is 22.8 Å². The molecule has 0 N–H and O–H groups in total. The number of furan rings is 1. The number of Topliss-reactive ketones (excluding diaryl/α,β-unsaturated/α-hetero) is 1. The zero-order valence-electron chi connectivity index (χ0n) is 17.2. The van der Waals surface area contributed by atoms with E-state index in [1.54, 1.807) is 37.6 Å².